The lowest BCUT2D eigenvalue weighted by Crippen LogP contribution is -2.23. The number of aromatic nitrogens is 2. The Morgan fingerprint density at radius 1 is 1.13 bits per heavy atom. The molecule has 1 saturated carbocycles. The molecular weight excluding hydrogens is 286 g/mol. The molecule has 0 unspecified atom stereocenters. The molecule has 3 rings (SSSR count). The molecule has 1 fully saturated rings. The summed E-state index contributed by atoms with van der Waals surface area (Å²) in [7, 11) is 0. The molecule has 1 aliphatic carbocycles. The average molecular weight is 309 g/mol. The molecule has 2 aromatic rings. The molecule has 0 radical (unpaired) electrons. The zero-order chi connectivity index (χ0) is 16.1. The smallest absolute Gasteiger partial charge is 0.137 e. The first-order valence-electron chi connectivity index (χ1n) is 8.13. The molecule has 5 heteroatoms. The van der Waals surface area contributed by atoms with E-state index >= 15 is 0 Å². The Morgan fingerprint density at radius 2 is 1.96 bits per heavy atom. The maximum absolute atomic E-state index is 5.71. The van der Waals surface area contributed by atoms with Gasteiger partial charge in [0.1, 0.15) is 12.1 Å². The molecular formula is C18H23N5. The number of fused-ring (bicyclic) bond motifs is 1. The van der Waals surface area contributed by atoms with Gasteiger partial charge in [-0.05, 0) is 48.4 Å². The molecule has 0 bridgehead atoms. The van der Waals surface area contributed by atoms with E-state index in [-0.39, 0.29) is 0 Å². The molecule has 0 spiro atoms. The monoisotopic (exact) mass is 309 g/mol. The van der Waals surface area contributed by atoms with E-state index in [0.717, 1.165) is 27.9 Å². The van der Waals surface area contributed by atoms with E-state index in [1.54, 1.807) is 18.6 Å². The summed E-state index contributed by atoms with van der Waals surface area (Å²) in [5.74, 6) is 0.900. The van der Waals surface area contributed by atoms with Crippen LogP contribution >= 0.6 is 0 Å². The van der Waals surface area contributed by atoms with Crippen molar-refractivity contribution in [2.45, 2.75) is 38.1 Å². The van der Waals surface area contributed by atoms with Crippen molar-refractivity contribution in [3.63, 3.8) is 0 Å². The van der Waals surface area contributed by atoms with Gasteiger partial charge in [-0.25, -0.2) is 9.97 Å². The highest BCUT2D eigenvalue weighted by atomic mass is 15.0. The highest BCUT2D eigenvalue weighted by Crippen LogP contribution is 2.27. The van der Waals surface area contributed by atoms with Crippen LogP contribution in [0.2, 0.25) is 0 Å². The van der Waals surface area contributed by atoms with Crippen LogP contribution in [0.3, 0.4) is 0 Å². The van der Waals surface area contributed by atoms with Gasteiger partial charge in [0.2, 0.25) is 0 Å². The molecule has 5 nitrogen and oxygen atoms in total. The standard InChI is InChI=1S/C18H23N5/c19-9-8-14(11-20)13-6-7-17-16(10-13)18(22-12-21-17)23-15-4-2-1-3-5-15/h6-12,15H,1-5,19-20H2,(H,21,22,23)/b9-8-,14-11?. The first kappa shape index (κ1) is 15.3. The predicted molar refractivity (Wildman–Crippen MR) is 95.5 cm³/mol. The van der Waals surface area contributed by atoms with Gasteiger partial charge in [-0.1, -0.05) is 25.3 Å². The molecule has 1 aromatic carbocycles. The van der Waals surface area contributed by atoms with Crippen LogP contribution in [-0.2, 0) is 0 Å². The van der Waals surface area contributed by atoms with Gasteiger partial charge in [-0.15, -0.1) is 0 Å². The lowest BCUT2D eigenvalue weighted by Gasteiger charge is -2.23. The summed E-state index contributed by atoms with van der Waals surface area (Å²) in [5.41, 5.74) is 14.0. The van der Waals surface area contributed by atoms with Gasteiger partial charge in [0.25, 0.3) is 0 Å². The normalized spacial score (nSPS) is 17.0. The topological polar surface area (TPSA) is 89.9 Å². The minimum Gasteiger partial charge on any atom is -0.405 e. The maximum Gasteiger partial charge on any atom is 0.137 e. The van der Waals surface area contributed by atoms with Crippen molar-refractivity contribution in [2.24, 2.45) is 11.5 Å². The van der Waals surface area contributed by atoms with Crippen molar-refractivity contribution < 1.29 is 0 Å². The molecule has 0 saturated heterocycles. The number of hydrogen-bond donors (Lipinski definition) is 3. The molecule has 1 aliphatic rings. The van der Waals surface area contributed by atoms with Crippen LogP contribution in [0.25, 0.3) is 16.5 Å². The Kier molecular flexibility index (Phi) is 4.76. The van der Waals surface area contributed by atoms with Crippen molar-refractivity contribution in [3.8, 4) is 0 Å². The lowest BCUT2D eigenvalue weighted by atomic mass is 9.95. The number of benzene rings is 1. The van der Waals surface area contributed by atoms with Gasteiger partial charge in [0, 0.05) is 17.6 Å². The number of anilines is 1. The predicted octanol–water partition coefficient (Wildman–Crippen LogP) is 3.15. The van der Waals surface area contributed by atoms with Crippen molar-refractivity contribution in [3.05, 3.63) is 48.6 Å². The lowest BCUT2D eigenvalue weighted by molar-refractivity contribution is 0.462. The van der Waals surface area contributed by atoms with E-state index in [0.29, 0.717) is 6.04 Å². The summed E-state index contributed by atoms with van der Waals surface area (Å²) in [4.78, 5) is 8.82. The Hall–Kier alpha value is -2.56. The third kappa shape index (κ3) is 3.44. The second kappa shape index (κ2) is 7.13. The van der Waals surface area contributed by atoms with E-state index in [1.807, 2.05) is 12.1 Å². The van der Waals surface area contributed by atoms with Crippen LogP contribution in [0.4, 0.5) is 5.82 Å². The van der Waals surface area contributed by atoms with E-state index in [4.69, 9.17) is 11.5 Å². The van der Waals surface area contributed by atoms with Crippen molar-refractivity contribution in [1.82, 2.24) is 9.97 Å². The molecule has 0 amide bonds. The zero-order valence-electron chi connectivity index (χ0n) is 13.2. The van der Waals surface area contributed by atoms with Gasteiger partial charge >= 0.3 is 0 Å². The number of hydrogen-bond acceptors (Lipinski definition) is 5. The summed E-state index contributed by atoms with van der Waals surface area (Å²) in [6.45, 7) is 0. The Balaban J connectivity index is 1.97. The summed E-state index contributed by atoms with van der Waals surface area (Å²) >= 11 is 0. The van der Waals surface area contributed by atoms with Crippen molar-refractivity contribution in [2.75, 3.05) is 5.32 Å². The number of nitrogens with zero attached hydrogens (tertiary/aromatic N) is 2. The number of allylic oxidation sites excluding steroid dienone is 2. The number of nitrogens with one attached hydrogen (secondary N) is 1. The fourth-order valence-electron chi connectivity index (χ4n) is 3.14. The highest BCUT2D eigenvalue weighted by Gasteiger charge is 2.15. The van der Waals surface area contributed by atoms with Crippen LogP contribution in [-0.4, -0.2) is 16.0 Å². The van der Waals surface area contributed by atoms with Crippen LogP contribution in [0.5, 0.6) is 0 Å². The summed E-state index contributed by atoms with van der Waals surface area (Å²) in [6, 6.07) is 6.56. The maximum atomic E-state index is 5.71. The number of nitrogens with two attached hydrogens (primary N) is 2. The molecule has 0 atom stereocenters. The molecule has 1 heterocycles. The van der Waals surface area contributed by atoms with Gasteiger partial charge in [0.15, 0.2) is 0 Å². The van der Waals surface area contributed by atoms with E-state index < -0.39 is 0 Å². The fourth-order valence-corrected chi connectivity index (χ4v) is 3.14. The summed E-state index contributed by atoms with van der Waals surface area (Å²) in [5, 5.41) is 4.61. The third-order valence-electron chi connectivity index (χ3n) is 4.37. The second-order valence-corrected chi connectivity index (χ2v) is 5.91. The third-order valence-corrected chi connectivity index (χ3v) is 4.37. The first-order valence-corrected chi connectivity index (χ1v) is 8.13. The highest BCUT2D eigenvalue weighted by molar-refractivity contribution is 5.92. The minimum absolute atomic E-state index is 0.499. The van der Waals surface area contributed by atoms with Crippen molar-refractivity contribution in [1.29, 1.82) is 0 Å². The molecule has 120 valence electrons. The average Bonchev–Trinajstić information content (AvgIpc) is 2.60. The molecule has 5 N–H and O–H groups in total. The Bertz CT molecular complexity index is 729. The summed E-state index contributed by atoms with van der Waals surface area (Å²) < 4.78 is 0. The van der Waals surface area contributed by atoms with Gasteiger partial charge in [0.05, 0.1) is 5.52 Å². The van der Waals surface area contributed by atoms with Crippen LogP contribution in [0.1, 0.15) is 37.7 Å². The second-order valence-electron chi connectivity index (χ2n) is 5.91. The van der Waals surface area contributed by atoms with E-state index in [2.05, 4.69) is 21.4 Å². The van der Waals surface area contributed by atoms with E-state index in [9.17, 15) is 0 Å². The van der Waals surface area contributed by atoms with Crippen LogP contribution in [0, 0.1) is 0 Å². The molecule has 23 heavy (non-hydrogen) atoms. The van der Waals surface area contributed by atoms with Gasteiger partial charge < -0.3 is 16.8 Å². The van der Waals surface area contributed by atoms with E-state index in [1.165, 1.54) is 38.3 Å². The summed E-state index contributed by atoms with van der Waals surface area (Å²) in [6.07, 6.45) is 12.8. The fraction of sp³-hybridized carbons (Fsp3) is 0.333. The van der Waals surface area contributed by atoms with Crippen LogP contribution in [0.15, 0.2) is 43.0 Å². The minimum atomic E-state index is 0.499. The Labute approximate surface area is 136 Å². The van der Waals surface area contributed by atoms with Gasteiger partial charge in [-0.3, -0.25) is 0 Å². The number of rotatable bonds is 4. The first-order chi connectivity index (χ1) is 11.3. The molecule has 0 aliphatic heterocycles. The Morgan fingerprint density at radius 3 is 2.70 bits per heavy atom. The van der Waals surface area contributed by atoms with Crippen LogP contribution < -0.4 is 16.8 Å². The SMILES string of the molecule is NC=C(/C=C\N)c1ccc2ncnc(NC3CCCCC3)c2c1. The zero-order valence-corrected chi connectivity index (χ0v) is 13.2. The molecule has 1 aromatic heterocycles. The van der Waals surface area contributed by atoms with Gasteiger partial charge in [-0.2, -0.15) is 0 Å². The largest absolute Gasteiger partial charge is 0.405 e. The van der Waals surface area contributed by atoms with Crippen molar-refractivity contribution >= 4 is 22.3 Å². The quantitative estimate of drug-likeness (QED) is 0.755.